The summed E-state index contributed by atoms with van der Waals surface area (Å²) < 4.78 is 0. The van der Waals surface area contributed by atoms with Gasteiger partial charge in [-0.3, -0.25) is 4.79 Å². The third-order valence-electron chi connectivity index (χ3n) is 4.87. The molecule has 0 saturated heterocycles. The van der Waals surface area contributed by atoms with Crippen molar-refractivity contribution in [2.75, 3.05) is 0 Å². The number of hydrogen-bond acceptors (Lipinski definition) is 1. The summed E-state index contributed by atoms with van der Waals surface area (Å²) in [5.41, 5.74) is 6.74. The summed E-state index contributed by atoms with van der Waals surface area (Å²) in [5.74, 6) is -0.298. The van der Waals surface area contributed by atoms with E-state index in [0.29, 0.717) is 0 Å². The van der Waals surface area contributed by atoms with Gasteiger partial charge in [-0.2, -0.15) is 0 Å². The Hall–Kier alpha value is -2.35. The molecule has 0 bridgehead atoms. The molecule has 0 aliphatic heterocycles. The number of unbranched alkanes of at least 4 members (excludes halogenated alkanes) is 3. The van der Waals surface area contributed by atoms with Crippen molar-refractivity contribution < 1.29 is 4.79 Å². The van der Waals surface area contributed by atoms with Crippen molar-refractivity contribution in [3.05, 3.63) is 84.5 Å². The second-order valence-electron chi connectivity index (χ2n) is 7.45. The van der Waals surface area contributed by atoms with Gasteiger partial charge in [0.15, 0.2) is 0 Å². The molecule has 0 aliphatic rings. The van der Waals surface area contributed by atoms with Crippen molar-refractivity contribution in [3.8, 4) is 0 Å². The molecule has 0 aromatic heterocycles. The lowest BCUT2D eigenvalue weighted by Gasteiger charge is -2.12. The third kappa shape index (κ3) is 14.3. The van der Waals surface area contributed by atoms with Crippen LogP contribution in [0.3, 0.4) is 0 Å². The molecule has 0 saturated carbocycles. The molecule has 29 heavy (non-hydrogen) atoms. The molecule has 158 valence electrons. The average Bonchev–Trinajstić information content (AvgIpc) is 2.73. The molecular formula is C27H39NO. The highest BCUT2D eigenvalue weighted by molar-refractivity contribution is 5.76. The van der Waals surface area contributed by atoms with E-state index in [0.717, 1.165) is 38.5 Å². The van der Waals surface area contributed by atoms with Gasteiger partial charge < -0.3 is 5.73 Å². The minimum Gasteiger partial charge on any atom is -0.369 e. The lowest BCUT2D eigenvalue weighted by atomic mass is 9.94. The monoisotopic (exact) mass is 393 g/mol. The number of primary amides is 1. The Balaban J connectivity index is 2.11. The second kappa shape index (κ2) is 17.7. The fourth-order valence-corrected chi connectivity index (χ4v) is 3.10. The number of hydrogen-bond donors (Lipinski definition) is 1. The van der Waals surface area contributed by atoms with Gasteiger partial charge in [0.05, 0.1) is 0 Å². The van der Waals surface area contributed by atoms with Crippen LogP contribution < -0.4 is 5.73 Å². The van der Waals surface area contributed by atoms with Crippen LogP contribution in [0.1, 0.15) is 70.3 Å². The number of carbonyl (C=O) groups is 1. The number of nitrogens with two attached hydrogens (primary N) is 1. The smallest absolute Gasteiger partial charge is 0.220 e. The summed E-state index contributed by atoms with van der Waals surface area (Å²) in [6.45, 7) is 2.24. The molecule has 0 fully saturated rings. The molecule has 1 rings (SSSR count). The summed E-state index contributed by atoms with van der Waals surface area (Å²) >= 11 is 0. The highest BCUT2D eigenvalue weighted by atomic mass is 16.1. The lowest BCUT2D eigenvalue weighted by molar-refractivity contribution is -0.121. The molecule has 0 radical (unpaired) electrons. The number of rotatable bonds is 16. The van der Waals surface area contributed by atoms with Crippen LogP contribution in [0.25, 0.3) is 0 Å². The Bertz CT molecular complexity index is 640. The minimum absolute atomic E-state index is 0.0941. The van der Waals surface area contributed by atoms with Crippen molar-refractivity contribution >= 4 is 5.91 Å². The summed E-state index contributed by atoms with van der Waals surface area (Å²) in [6.07, 6.45) is 28.2. The Morgan fingerprint density at radius 1 is 0.828 bits per heavy atom. The molecule has 1 atom stereocenters. The van der Waals surface area contributed by atoms with Gasteiger partial charge in [-0.25, -0.2) is 0 Å². The highest BCUT2D eigenvalue weighted by Crippen LogP contribution is 2.14. The lowest BCUT2D eigenvalue weighted by Crippen LogP contribution is -2.25. The van der Waals surface area contributed by atoms with E-state index in [4.69, 9.17) is 5.73 Å². The number of allylic oxidation sites excluding steroid dienone is 8. The molecule has 1 amide bonds. The van der Waals surface area contributed by atoms with E-state index >= 15 is 0 Å². The van der Waals surface area contributed by atoms with Crippen LogP contribution >= 0.6 is 0 Å². The number of amides is 1. The molecule has 1 unspecified atom stereocenters. The fraction of sp³-hybridized carbons (Fsp3) is 0.444. The Labute approximate surface area is 178 Å². The van der Waals surface area contributed by atoms with Crippen molar-refractivity contribution in [3.63, 3.8) is 0 Å². The summed E-state index contributed by atoms with van der Waals surface area (Å²) in [5, 5.41) is 0. The van der Waals surface area contributed by atoms with Crippen LogP contribution in [-0.4, -0.2) is 5.91 Å². The standard InChI is InChI=1S/C27H39NO/c1-2-3-4-5-6-7-8-9-10-11-12-13-14-15-16-20-23-26(27(28)29)24-25-21-18-17-19-22-25/h6-7,9-10,12-13,15-19,21-22,26H,2-5,8,11,14,20,23-24H2,1H3,(H2,28,29)/b7-6-,10-9-,13-12-,16-15-. The Morgan fingerprint density at radius 3 is 1.93 bits per heavy atom. The van der Waals surface area contributed by atoms with Gasteiger partial charge in [0.25, 0.3) is 0 Å². The molecule has 2 heteroatoms. The molecular weight excluding hydrogens is 354 g/mol. The molecule has 0 spiro atoms. The summed E-state index contributed by atoms with van der Waals surface area (Å²) in [4.78, 5) is 11.7. The zero-order valence-corrected chi connectivity index (χ0v) is 18.1. The molecule has 0 heterocycles. The van der Waals surface area contributed by atoms with Gasteiger partial charge >= 0.3 is 0 Å². The largest absolute Gasteiger partial charge is 0.369 e. The van der Waals surface area contributed by atoms with Crippen LogP contribution in [0, 0.1) is 5.92 Å². The van der Waals surface area contributed by atoms with Crippen molar-refractivity contribution in [1.29, 1.82) is 0 Å². The maximum Gasteiger partial charge on any atom is 0.220 e. The van der Waals surface area contributed by atoms with E-state index in [1.165, 1.54) is 31.2 Å². The first-order valence-electron chi connectivity index (χ1n) is 11.2. The van der Waals surface area contributed by atoms with E-state index in [-0.39, 0.29) is 11.8 Å². The summed E-state index contributed by atoms with van der Waals surface area (Å²) in [7, 11) is 0. The Kier molecular flexibility index (Phi) is 15.1. The normalized spacial score (nSPS) is 13.3. The molecule has 1 aromatic rings. The molecule has 2 N–H and O–H groups in total. The molecule has 0 aliphatic carbocycles. The van der Waals surface area contributed by atoms with E-state index < -0.39 is 0 Å². The van der Waals surface area contributed by atoms with Gasteiger partial charge in [-0.15, -0.1) is 0 Å². The predicted molar refractivity (Wildman–Crippen MR) is 127 cm³/mol. The minimum atomic E-state index is -0.204. The van der Waals surface area contributed by atoms with Crippen LogP contribution in [0.2, 0.25) is 0 Å². The third-order valence-corrected chi connectivity index (χ3v) is 4.87. The number of benzene rings is 1. The second-order valence-corrected chi connectivity index (χ2v) is 7.45. The van der Waals surface area contributed by atoms with Gasteiger partial charge in [-0.05, 0) is 56.9 Å². The van der Waals surface area contributed by atoms with Crippen LogP contribution in [0.15, 0.2) is 78.9 Å². The van der Waals surface area contributed by atoms with Crippen LogP contribution in [0.4, 0.5) is 0 Å². The maximum atomic E-state index is 11.7. The first-order valence-corrected chi connectivity index (χ1v) is 11.2. The van der Waals surface area contributed by atoms with E-state index in [1.54, 1.807) is 0 Å². The zero-order chi connectivity index (χ0) is 21.0. The zero-order valence-electron chi connectivity index (χ0n) is 18.1. The summed E-state index contributed by atoms with van der Waals surface area (Å²) in [6, 6.07) is 10.1. The van der Waals surface area contributed by atoms with Crippen molar-refractivity contribution in [2.45, 2.75) is 71.1 Å². The topological polar surface area (TPSA) is 43.1 Å². The fourth-order valence-electron chi connectivity index (χ4n) is 3.10. The predicted octanol–water partition coefficient (Wildman–Crippen LogP) is 7.09. The maximum absolute atomic E-state index is 11.7. The SMILES string of the molecule is CCCCC/C=C\C/C=C\C/C=C\C/C=C\CCC(Cc1ccccc1)C(N)=O. The van der Waals surface area contributed by atoms with E-state index in [1.807, 2.05) is 18.2 Å². The Morgan fingerprint density at radius 2 is 1.38 bits per heavy atom. The van der Waals surface area contributed by atoms with Crippen LogP contribution in [-0.2, 0) is 11.2 Å². The van der Waals surface area contributed by atoms with Gasteiger partial charge in [0.2, 0.25) is 5.91 Å². The molecule has 1 aromatic carbocycles. The van der Waals surface area contributed by atoms with E-state index in [9.17, 15) is 4.79 Å². The number of carbonyl (C=O) groups excluding carboxylic acids is 1. The highest BCUT2D eigenvalue weighted by Gasteiger charge is 2.14. The first-order chi connectivity index (χ1) is 14.2. The first kappa shape index (κ1) is 24.7. The van der Waals surface area contributed by atoms with Crippen molar-refractivity contribution in [1.82, 2.24) is 0 Å². The van der Waals surface area contributed by atoms with Gasteiger partial charge in [0.1, 0.15) is 0 Å². The van der Waals surface area contributed by atoms with E-state index in [2.05, 4.69) is 67.7 Å². The quantitative estimate of drug-likeness (QED) is 0.236. The van der Waals surface area contributed by atoms with Crippen molar-refractivity contribution in [2.24, 2.45) is 11.7 Å². The van der Waals surface area contributed by atoms with Gasteiger partial charge in [-0.1, -0.05) is 98.7 Å². The average molecular weight is 394 g/mol. The molecule has 2 nitrogen and oxygen atoms in total. The van der Waals surface area contributed by atoms with Crippen LogP contribution in [0.5, 0.6) is 0 Å². The van der Waals surface area contributed by atoms with Gasteiger partial charge in [0, 0.05) is 5.92 Å².